The van der Waals surface area contributed by atoms with Crippen LogP contribution in [0, 0.1) is 6.92 Å². The Balaban J connectivity index is 1.56. The van der Waals surface area contributed by atoms with Crippen LogP contribution < -0.4 is 5.32 Å². The third-order valence-electron chi connectivity index (χ3n) is 4.71. The predicted octanol–water partition coefficient (Wildman–Crippen LogP) is 5.77. The summed E-state index contributed by atoms with van der Waals surface area (Å²) in [6, 6.07) is 24.2. The number of hydrogen-bond acceptors (Lipinski definition) is 4. The van der Waals surface area contributed by atoms with Crippen LogP contribution in [0.4, 0.5) is 5.69 Å². The Hall–Kier alpha value is -3.51. The minimum atomic E-state index is -0.573. The zero-order valence-corrected chi connectivity index (χ0v) is 18.3. The first-order chi connectivity index (χ1) is 15.0. The van der Waals surface area contributed by atoms with Crippen molar-refractivity contribution in [2.45, 2.75) is 6.92 Å². The van der Waals surface area contributed by atoms with E-state index in [-0.39, 0.29) is 6.61 Å². The Labute approximate surface area is 188 Å². The minimum Gasteiger partial charge on any atom is -0.452 e. The van der Waals surface area contributed by atoms with Crippen molar-refractivity contribution < 1.29 is 14.3 Å². The first-order valence-electron chi connectivity index (χ1n) is 9.69. The molecule has 6 heteroatoms. The van der Waals surface area contributed by atoms with Crippen molar-refractivity contribution in [1.82, 2.24) is 4.98 Å². The number of aryl methyl sites for hydroxylation is 1. The maximum atomic E-state index is 12.9. The maximum Gasteiger partial charge on any atom is 0.339 e. The molecule has 1 amide bonds. The Morgan fingerprint density at radius 3 is 2.52 bits per heavy atom. The second-order valence-electron chi connectivity index (χ2n) is 7.07. The number of fused-ring (bicyclic) bond motifs is 1. The molecule has 4 aromatic rings. The van der Waals surface area contributed by atoms with Crippen molar-refractivity contribution in [3.05, 3.63) is 94.5 Å². The zero-order valence-electron chi connectivity index (χ0n) is 16.8. The van der Waals surface area contributed by atoms with Crippen molar-refractivity contribution in [2.75, 3.05) is 11.9 Å². The number of halogens is 1. The number of aromatic nitrogens is 1. The fourth-order valence-corrected chi connectivity index (χ4v) is 3.51. The number of nitrogens with zero attached hydrogens (tertiary/aromatic N) is 1. The molecular weight excluding hydrogens is 456 g/mol. The Kier molecular flexibility index (Phi) is 6.09. The summed E-state index contributed by atoms with van der Waals surface area (Å²) in [5.74, 6) is -0.971. The zero-order chi connectivity index (χ0) is 21.8. The van der Waals surface area contributed by atoms with Gasteiger partial charge < -0.3 is 10.1 Å². The summed E-state index contributed by atoms with van der Waals surface area (Å²) in [7, 11) is 0. The van der Waals surface area contributed by atoms with Gasteiger partial charge in [0.1, 0.15) is 0 Å². The van der Waals surface area contributed by atoms with Crippen molar-refractivity contribution in [1.29, 1.82) is 0 Å². The first kappa shape index (κ1) is 20.8. The highest BCUT2D eigenvalue weighted by atomic mass is 79.9. The average molecular weight is 475 g/mol. The average Bonchev–Trinajstić information content (AvgIpc) is 2.77. The van der Waals surface area contributed by atoms with Crippen LogP contribution in [0.5, 0.6) is 0 Å². The summed E-state index contributed by atoms with van der Waals surface area (Å²) >= 11 is 3.42. The summed E-state index contributed by atoms with van der Waals surface area (Å²) < 4.78 is 6.28. The lowest BCUT2D eigenvalue weighted by molar-refractivity contribution is -0.119. The molecule has 1 heterocycles. The molecule has 3 aromatic carbocycles. The normalized spacial score (nSPS) is 10.6. The molecule has 0 spiro atoms. The number of ether oxygens (including phenoxy) is 1. The number of nitrogens with one attached hydrogen (secondary N) is 1. The highest BCUT2D eigenvalue weighted by Gasteiger charge is 2.16. The predicted molar refractivity (Wildman–Crippen MR) is 125 cm³/mol. The number of esters is 1. The number of hydrogen-bond donors (Lipinski definition) is 1. The summed E-state index contributed by atoms with van der Waals surface area (Å²) in [6.45, 7) is 1.56. The van der Waals surface area contributed by atoms with Crippen LogP contribution in [-0.2, 0) is 9.53 Å². The topological polar surface area (TPSA) is 68.3 Å². The third kappa shape index (κ3) is 4.98. The van der Waals surface area contributed by atoms with Gasteiger partial charge in [-0.3, -0.25) is 4.79 Å². The molecule has 1 N–H and O–H groups in total. The molecule has 5 nitrogen and oxygen atoms in total. The van der Waals surface area contributed by atoms with Crippen LogP contribution in [0.2, 0.25) is 0 Å². The van der Waals surface area contributed by atoms with Gasteiger partial charge in [0.05, 0.1) is 16.8 Å². The second kappa shape index (κ2) is 9.10. The number of amides is 1. The lowest BCUT2D eigenvalue weighted by Crippen LogP contribution is -2.21. The molecule has 0 aliphatic rings. The van der Waals surface area contributed by atoms with Gasteiger partial charge in [-0.15, -0.1) is 0 Å². The standard InChI is InChI=1S/C25H19BrN2O3/c1-16-5-4-6-19(13-16)27-24(29)15-31-25(30)21-14-23(17-9-11-18(26)12-10-17)28-22-8-3-2-7-20(21)22/h2-14H,15H2,1H3,(H,27,29). The monoisotopic (exact) mass is 474 g/mol. The van der Waals surface area contributed by atoms with Gasteiger partial charge in [0.15, 0.2) is 6.61 Å². The van der Waals surface area contributed by atoms with Crippen LogP contribution in [0.1, 0.15) is 15.9 Å². The van der Waals surface area contributed by atoms with Crippen LogP contribution >= 0.6 is 15.9 Å². The van der Waals surface area contributed by atoms with E-state index in [9.17, 15) is 9.59 Å². The van der Waals surface area contributed by atoms with E-state index in [2.05, 4.69) is 26.2 Å². The quantitative estimate of drug-likeness (QED) is 0.373. The maximum absolute atomic E-state index is 12.9. The van der Waals surface area contributed by atoms with Crippen molar-refractivity contribution in [3.8, 4) is 11.3 Å². The third-order valence-corrected chi connectivity index (χ3v) is 5.24. The van der Waals surface area contributed by atoms with Crippen molar-refractivity contribution >= 4 is 44.4 Å². The Morgan fingerprint density at radius 1 is 0.968 bits per heavy atom. The molecule has 31 heavy (non-hydrogen) atoms. The molecule has 0 bridgehead atoms. The van der Waals surface area contributed by atoms with E-state index in [4.69, 9.17) is 4.74 Å². The number of pyridine rings is 1. The van der Waals surface area contributed by atoms with Gasteiger partial charge in [-0.05, 0) is 48.9 Å². The van der Waals surface area contributed by atoms with Crippen molar-refractivity contribution in [3.63, 3.8) is 0 Å². The highest BCUT2D eigenvalue weighted by molar-refractivity contribution is 9.10. The molecule has 4 rings (SSSR count). The van der Waals surface area contributed by atoms with E-state index in [0.717, 1.165) is 15.6 Å². The number of carbonyl (C=O) groups is 2. The Bertz CT molecular complexity index is 1270. The molecule has 0 aliphatic heterocycles. The number of anilines is 1. The fraction of sp³-hybridized carbons (Fsp3) is 0.0800. The lowest BCUT2D eigenvalue weighted by atomic mass is 10.0. The molecular formula is C25H19BrN2O3. The fourth-order valence-electron chi connectivity index (χ4n) is 3.24. The van der Waals surface area contributed by atoms with Crippen molar-refractivity contribution in [2.24, 2.45) is 0 Å². The molecule has 0 atom stereocenters. The van der Waals surface area contributed by atoms with Crippen LogP contribution in [-0.4, -0.2) is 23.5 Å². The molecule has 0 aliphatic carbocycles. The van der Waals surface area contributed by atoms with Gasteiger partial charge in [-0.1, -0.05) is 58.4 Å². The molecule has 0 saturated heterocycles. The van der Waals surface area contributed by atoms with Crippen LogP contribution in [0.25, 0.3) is 22.2 Å². The summed E-state index contributed by atoms with van der Waals surface area (Å²) in [5.41, 5.74) is 4.26. The highest BCUT2D eigenvalue weighted by Crippen LogP contribution is 2.26. The number of para-hydroxylation sites is 1. The largest absolute Gasteiger partial charge is 0.452 e. The van der Waals surface area contributed by atoms with E-state index in [1.165, 1.54) is 0 Å². The molecule has 0 saturated carbocycles. The van der Waals surface area contributed by atoms with E-state index < -0.39 is 11.9 Å². The van der Waals surface area contributed by atoms with E-state index in [0.29, 0.717) is 27.8 Å². The molecule has 0 fully saturated rings. The van der Waals surface area contributed by atoms with E-state index >= 15 is 0 Å². The minimum absolute atomic E-state index is 0.367. The molecule has 154 valence electrons. The van der Waals surface area contributed by atoms with E-state index in [1.807, 2.05) is 73.7 Å². The van der Waals surface area contributed by atoms with Crippen LogP contribution in [0.15, 0.2) is 83.3 Å². The first-order valence-corrected chi connectivity index (χ1v) is 10.5. The smallest absolute Gasteiger partial charge is 0.339 e. The van der Waals surface area contributed by atoms with Gasteiger partial charge >= 0.3 is 5.97 Å². The lowest BCUT2D eigenvalue weighted by Gasteiger charge is -2.11. The van der Waals surface area contributed by atoms with Gasteiger partial charge in [-0.2, -0.15) is 0 Å². The van der Waals surface area contributed by atoms with E-state index in [1.54, 1.807) is 12.1 Å². The van der Waals surface area contributed by atoms with Crippen LogP contribution in [0.3, 0.4) is 0 Å². The number of benzene rings is 3. The summed E-state index contributed by atoms with van der Waals surface area (Å²) in [6.07, 6.45) is 0. The number of rotatable bonds is 5. The number of carbonyl (C=O) groups excluding carboxylic acids is 2. The summed E-state index contributed by atoms with van der Waals surface area (Å²) in [5, 5.41) is 3.41. The van der Waals surface area contributed by atoms with Gasteiger partial charge in [0.2, 0.25) is 0 Å². The van der Waals surface area contributed by atoms with Gasteiger partial charge in [0, 0.05) is 21.1 Å². The molecule has 0 unspecified atom stereocenters. The molecule has 0 radical (unpaired) electrons. The second-order valence-corrected chi connectivity index (χ2v) is 7.99. The van der Waals surface area contributed by atoms with Gasteiger partial charge in [-0.25, -0.2) is 9.78 Å². The Morgan fingerprint density at radius 2 is 1.74 bits per heavy atom. The SMILES string of the molecule is Cc1cccc(NC(=O)COC(=O)c2cc(-c3ccc(Br)cc3)nc3ccccc23)c1. The van der Waals surface area contributed by atoms with Gasteiger partial charge in [0.25, 0.3) is 5.91 Å². The molecule has 1 aromatic heterocycles. The summed E-state index contributed by atoms with van der Waals surface area (Å²) in [4.78, 5) is 29.8.